The molecule has 0 aromatic rings. The van der Waals surface area contributed by atoms with Gasteiger partial charge in [0, 0.05) is 12.6 Å². The molecule has 0 spiro atoms. The second kappa shape index (κ2) is 2.06. The van der Waals surface area contributed by atoms with E-state index >= 15 is 0 Å². The fourth-order valence-corrected chi connectivity index (χ4v) is 0.554. The van der Waals surface area contributed by atoms with Gasteiger partial charge >= 0.3 is 0 Å². The highest BCUT2D eigenvalue weighted by atomic mass is 15.4. The Hall–Kier alpha value is -0.440. The summed E-state index contributed by atoms with van der Waals surface area (Å²) in [6.07, 6.45) is 0. The number of rotatable bonds is 3. The highest BCUT2D eigenvalue weighted by Crippen LogP contribution is 2.25. The van der Waals surface area contributed by atoms with Crippen LogP contribution in [0.15, 0.2) is 10.2 Å². The van der Waals surface area contributed by atoms with Crippen LogP contribution < -0.4 is 5.32 Å². The van der Waals surface area contributed by atoms with Gasteiger partial charge in [-0.1, -0.05) is 13.8 Å². The molecule has 0 aliphatic carbocycles. The minimum absolute atomic E-state index is 0.0791. The van der Waals surface area contributed by atoms with Gasteiger partial charge in [0.05, 0.1) is 0 Å². The van der Waals surface area contributed by atoms with E-state index in [4.69, 9.17) is 0 Å². The Labute approximate surface area is 55.6 Å². The molecule has 1 aliphatic rings. The largest absolute Gasteiger partial charge is 0.310 e. The molecular formula is C6H13N3. The Morgan fingerprint density at radius 2 is 2.00 bits per heavy atom. The van der Waals surface area contributed by atoms with Crippen molar-refractivity contribution in [3.63, 3.8) is 0 Å². The minimum atomic E-state index is -0.0791. The van der Waals surface area contributed by atoms with E-state index in [1.54, 1.807) is 0 Å². The molecule has 52 valence electrons. The molecule has 1 aliphatic heterocycles. The second-order valence-corrected chi connectivity index (χ2v) is 2.95. The lowest BCUT2D eigenvalue weighted by Crippen LogP contribution is -2.32. The summed E-state index contributed by atoms with van der Waals surface area (Å²) >= 11 is 0. The zero-order chi connectivity index (χ0) is 6.91. The van der Waals surface area contributed by atoms with E-state index in [1.807, 2.05) is 6.92 Å². The third kappa shape index (κ3) is 2.10. The molecule has 0 radical (unpaired) electrons. The number of hydrogen-bond donors (Lipinski definition) is 1. The summed E-state index contributed by atoms with van der Waals surface area (Å²) in [6.45, 7) is 7.13. The van der Waals surface area contributed by atoms with Crippen molar-refractivity contribution in [1.29, 1.82) is 0 Å². The van der Waals surface area contributed by atoms with Gasteiger partial charge in [-0.2, -0.15) is 10.2 Å². The van der Waals surface area contributed by atoms with Crippen LogP contribution in [0.25, 0.3) is 0 Å². The van der Waals surface area contributed by atoms with Gasteiger partial charge in [0.2, 0.25) is 0 Å². The van der Waals surface area contributed by atoms with Gasteiger partial charge in [0.25, 0.3) is 0 Å². The quantitative estimate of drug-likeness (QED) is 0.607. The Kier molecular flexibility index (Phi) is 1.53. The van der Waals surface area contributed by atoms with E-state index in [-0.39, 0.29) is 5.66 Å². The summed E-state index contributed by atoms with van der Waals surface area (Å²) in [6, 6.07) is 0.535. The van der Waals surface area contributed by atoms with Crippen LogP contribution >= 0.6 is 0 Å². The molecule has 0 saturated carbocycles. The van der Waals surface area contributed by atoms with E-state index < -0.39 is 0 Å². The van der Waals surface area contributed by atoms with Gasteiger partial charge in [0.15, 0.2) is 5.66 Å². The summed E-state index contributed by atoms with van der Waals surface area (Å²) in [7, 11) is 0. The van der Waals surface area contributed by atoms with Crippen LogP contribution in [-0.2, 0) is 0 Å². The molecule has 3 nitrogen and oxygen atoms in total. The molecule has 0 amide bonds. The van der Waals surface area contributed by atoms with Gasteiger partial charge < -0.3 is 5.32 Å². The lowest BCUT2D eigenvalue weighted by molar-refractivity contribution is 0.513. The number of nitrogens with zero attached hydrogens (tertiary/aromatic N) is 2. The first kappa shape index (κ1) is 6.68. The van der Waals surface area contributed by atoms with Crippen molar-refractivity contribution in [2.75, 3.05) is 6.54 Å². The van der Waals surface area contributed by atoms with Gasteiger partial charge in [0.1, 0.15) is 0 Å². The predicted molar refractivity (Wildman–Crippen MR) is 36.4 cm³/mol. The van der Waals surface area contributed by atoms with Gasteiger partial charge in [-0.15, -0.1) is 0 Å². The average molecular weight is 127 g/mol. The zero-order valence-electron chi connectivity index (χ0n) is 6.18. The van der Waals surface area contributed by atoms with Gasteiger partial charge in [-0.3, -0.25) is 0 Å². The smallest absolute Gasteiger partial charge is 0.200 e. The van der Waals surface area contributed by atoms with Crippen LogP contribution in [0.4, 0.5) is 0 Å². The monoisotopic (exact) mass is 127 g/mol. The highest BCUT2D eigenvalue weighted by molar-refractivity contribution is 4.90. The number of hydrogen-bond acceptors (Lipinski definition) is 3. The van der Waals surface area contributed by atoms with Crippen molar-refractivity contribution in [2.24, 2.45) is 10.2 Å². The van der Waals surface area contributed by atoms with E-state index in [0.29, 0.717) is 6.04 Å². The second-order valence-electron chi connectivity index (χ2n) is 2.95. The van der Waals surface area contributed by atoms with Crippen LogP contribution in [0.3, 0.4) is 0 Å². The van der Waals surface area contributed by atoms with Crippen LogP contribution in [-0.4, -0.2) is 18.2 Å². The lowest BCUT2D eigenvalue weighted by Gasteiger charge is -2.08. The van der Waals surface area contributed by atoms with Crippen LogP contribution in [0.5, 0.6) is 0 Å². The molecule has 1 rings (SSSR count). The molecule has 3 heteroatoms. The molecule has 0 atom stereocenters. The SMILES string of the molecule is CC(C)NCC1(C)N=N1. The Balaban J connectivity index is 2.06. The summed E-state index contributed by atoms with van der Waals surface area (Å²) in [5.74, 6) is 0. The maximum Gasteiger partial charge on any atom is 0.200 e. The van der Waals surface area contributed by atoms with E-state index in [2.05, 4.69) is 29.4 Å². The molecule has 0 fully saturated rings. The van der Waals surface area contributed by atoms with E-state index in [9.17, 15) is 0 Å². The van der Waals surface area contributed by atoms with Crippen molar-refractivity contribution in [3.05, 3.63) is 0 Å². The van der Waals surface area contributed by atoms with Crippen molar-refractivity contribution in [3.8, 4) is 0 Å². The minimum Gasteiger partial charge on any atom is -0.310 e. The van der Waals surface area contributed by atoms with Crippen LogP contribution in [0.1, 0.15) is 20.8 Å². The maximum absolute atomic E-state index is 3.87. The highest BCUT2D eigenvalue weighted by Gasteiger charge is 2.33. The molecule has 0 aromatic carbocycles. The van der Waals surface area contributed by atoms with Crippen molar-refractivity contribution >= 4 is 0 Å². The molecule has 0 saturated heterocycles. The maximum atomic E-state index is 3.87. The zero-order valence-corrected chi connectivity index (χ0v) is 6.18. The van der Waals surface area contributed by atoms with Gasteiger partial charge in [-0.05, 0) is 6.92 Å². The van der Waals surface area contributed by atoms with Gasteiger partial charge in [-0.25, -0.2) is 0 Å². The molecule has 1 heterocycles. The van der Waals surface area contributed by atoms with Crippen molar-refractivity contribution in [1.82, 2.24) is 5.32 Å². The summed E-state index contributed by atoms with van der Waals surface area (Å²) in [5, 5.41) is 11.0. The van der Waals surface area contributed by atoms with E-state index in [1.165, 1.54) is 0 Å². The molecule has 9 heavy (non-hydrogen) atoms. The van der Waals surface area contributed by atoms with E-state index in [0.717, 1.165) is 6.54 Å². The van der Waals surface area contributed by atoms with Crippen molar-refractivity contribution in [2.45, 2.75) is 32.5 Å². The molecule has 0 aromatic heterocycles. The third-order valence-corrected chi connectivity index (χ3v) is 1.29. The summed E-state index contributed by atoms with van der Waals surface area (Å²) in [4.78, 5) is 0. The Bertz CT molecular complexity index is 122. The fraction of sp³-hybridized carbons (Fsp3) is 1.00. The first-order valence-corrected chi connectivity index (χ1v) is 3.30. The molecule has 0 bridgehead atoms. The summed E-state index contributed by atoms with van der Waals surface area (Å²) in [5.41, 5.74) is -0.0791. The van der Waals surface area contributed by atoms with Crippen LogP contribution in [0, 0.1) is 0 Å². The van der Waals surface area contributed by atoms with Crippen LogP contribution in [0.2, 0.25) is 0 Å². The standard InChI is InChI=1S/C6H13N3/c1-5(2)7-4-6(3)8-9-6/h5,7H,4H2,1-3H3. The van der Waals surface area contributed by atoms with Crippen molar-refractivity contribution < 1.29 is 0 Å². The Morgan fingerprint density at radius 1 is 1.44 bits per heavy atom. The average Bonchev–Trinajstić information content (AvgIpc) is 2.45. The fourth-order valence-electron chi connectivity index (χ4n) is 0.554. The molecular weight excluding hydrogens is 114 g/mol. The molecule has 1 N–H and O–H groups in total. The topological polar surface area (TPSA) is 36.8 Å². The predicted octanol–water partition coefficient (Wildman–Crippen LogP) is 1.17. The lowest BCUT2D eigenvalue weighted by atomic mass is 10.2. The first-order chi connectivity index (χ1) is 4.12. The Morgan fingerprint density at radius 3 is 2.33 bits per heavy atom. The first-order valence-electron chi connectivity index (χ1n) is 3.30. The molecule has 0 unspecified atom stereocenters. The summed E-state index contributed by atoms with van der Waals surface area (Å²) < 4.78 is 0. The third-order valence-electron chi connectivity index (χ3n) is 1.29. The normalized spacial score (nSPS) is 20.9. The number of nitrogens with one attached hydrogen (secondary N) is 1.